The Morgan fingerprint density at radius 1 is 1.05 bits per heavy atom. The predicted octanol–water partition coefficient (Wildman–Crippen LogP) is 7.39. The first-order valence-electron chi connectivity index (χ1n) is 13.5. The lowest BCUT2D eigenvalue weighted by atomic mass is 10.1. The van der Waals surface area contributed by atoms with Crippen LogP contribution in [0.5, 0.6) is 5.75 Å². The topological polar surface area (TPSA) is 111 Å². The standard InChI is InChI=1S/C30H37N3O6SSi/c1-22-13-19-25(20-14-22)40(36,37)31-28(12-9-21-38-41(5,6)30(2,3)4)32-26-10-7-8-11-27(26)39-29(32)23-15-17-24(18-16-23)33(34)35/h7-8,10-11,13-20,29H,9,12,21H2,1-6H3/b31-28-. The lowest BCUT2D eigenvalue weighted by Crippen LogP contribution is -2.41. The van der Waals surface area contributed by atoms with Crippen molar-refractivity contribution in [3.63, 3.8) is 0 Å². The zero-order valence-electron chi connectivity index (χ0n) is 24.3. The zero-order valence-corrected chi connectivity index (χ0v) is 26.1. The van der Waals surface area contributed by atoms with Crippen molar-refractivity contribution in [2.45, 2.75) is 69.8 Å². The molecule has 0 amide bonds. The van der Waals surface area contributed by atoms with Gasteiger partial charge in [-0.2, -0.15) is 8.42 Å². The van der Waals surface area contributed by atoms with Crippen molar-refractivity contribution in [1.29, 1.82) is 0 Å². The summed E-state index contributed by atoms with van der Waals surface area (Å²) in [4.78, 5) is 12.7. The molecule has 9 nitrogen and oxygen atoms in total. The van der Waals surface area contributed by atoms with E-state index < -0.39 is 29.5 Å². The summed E-state index contributed by atoms with van der Waals surface area (Å²) in [5.41, 5.74) is 2.19. The number of fused-ring (bicyclic) bond motifs is 1. The molecule has 11 heteroatoms. The molecule has 0 aromatic heterocycles. The van der Waals surface area contributed by atoms with Gasteiger partial charge in [0.2, 0.25) is 6.23 Å². The highest BCUT2D eigenvalue weighted by molar-refractivity contribution is 7.90. The van der Waals surface area contributed by atoms with Crippen LogP contribution in [0.3, 0.4) is 0 Å². The summed E-state index contributed by atoms with van der Waals surface area (Å²) in [6, 6.07) is 20.0. The molecule has 0 spiro atoms. The van der Waals surface area contributed by atoms with Gasteiger partial charge in [-0.15, -0.1) is 4.40 Å². The third-order valence-corrected chi connectivity index (χ3v) is 13.5. The number of hydrogen-bond acceptors (Lipinski definition) is 6. The molecule has 1 aliphatic rings. The number of benzene rings is 3. The number of amidine groups is 1. The maximum absolute atomic E-state index is 13.6. The van der Waals surface area contributed by atoms with E-state index in [-0.39, 0.29) is 15.6 Å². The number of nitro benzene ring substituents is 1. The SMILES string of the molecule is Cc1ccc(S(=O)(=O)/N=C(/CCCO[Si](C)(C)C(C)(C)C)N2c3ccccc3OC2c2ccc([N+](=O)[O-])cc2)cc1. The van der Waals surface area contributed by atoms with Gasteiger partial charge >= 0.3 is 0 Å². The van der Waals surface area contributed by atoms with Gasteiger partial charge in [0.05, 0.1) is 15.5 Å². The summed E-state index contributed by atoms with van der Waals surface area (Å²) >= 11 is 0. The smallest absolute Gasteiger partial charge is 0.283 e. The second-order valence-corrected chi connectivity index (χ2v) is 18.1. The van der Waals surface area contributed by atoms with Crippen molar-refractivity contribution in [3.05, 3.63) is 94.0 Å². The normalized spacial score (nSPS) is 15.9. The lowest BCUT2D eigenvalue weighted by molar-refractivity contribution is -0.384. The average molecular weight is 596 g/mol. The van der Waals surface area contributed by atoms with Crippen LogP contribution in [0.25, 0.3) is 0 Å². The van der Waals surface area contributed by atoms with Gasteiger partial charge in [0.1, 0.15) is 11.6 Å². The minimum atomic E-state index is -4.06. The van der Waals surface area contributed by atoms with Crippen LogP contribution in [-0.2, 0) is 14.4 Å². The molecule has 0 saturated heterocycles. The lowest BCUT2D eigenvalue weighted by Gasteiger charge is -2.36. The fourth-order valence-corrected chi connectivity index (χ4v) is 6.32. The Balaban J connectivity index is 1.74. The van der Waals surface area contributed by atoms with Crippen LogP contribution in [-0.4, -0.2) is 34.1 Å². The molecule has 0 saturated carbocycles. The predicted molar refractivity (Wildman–Crippen MR) is 164 cm³/mol. The van der Waals surface area contributed by atoms with Gasteiger partial charge in [-0.25, -0.2) is 0 Å². The van der Waals surface area contributed by atoms with Gasteiger partial charge in [0, 0.05) is 30.7 Å². The van der Waals surface area contributed by atoms with E-state index in [1.54, 1.807) is 47.4 Å². The average Bonchev–Trinajstić information content (AvgIpc) is 3.29. The minimum absolute atomic E-state index is 0.0431. The van der Waals surface area contributed by atoms with Gasteiger partial charge in [0.25, 0.3) is 15.7 Å². The summed E-state index contributed by atoms with van der Waals surface area (Å²) in [5.74, 6) is 0.867. The van der Waals surface area contributed by atoms with Gasteiger partial charge in [-0.05, 0) is 67.9 Å². The molecule has 218 valence electrons. The summed E-state index contributed by atoms with van der Waals surface area (Å²) in [5, 5.41) is 11.3. The van der Waals surface area contributed by atoms with Crippen molar-refractivity contribution < 1.29 is 22.5 Å². The van der Waals surface area contributed by atoms with Crippen molar-refractivity contribution in [1.82, 2.24) is 0 Å². The van der Waals surface area contributed by atoms with Gasteiger partial charge < -0.3 is 9.16 Å². The molecule has 0 radical (unpaired) electrons. The number of para-hydroxylation sites is 2. The molecule has 4 rings (SSSR count). The van der Waals surface area contributed by atoms with Crippen LogP contribution >= 0.6 is 0 Å². The monoisotopic (exact) mass is 595 g/mol. The van der Waals surface area contributed by atoms with Crippen molar-refractivity contribution in [3.8, 4) is 5.75 Å². The molecule has 1 aliphatic heterocycles. The van der Waals surface area contributed by atoms with Crippen molar-refractivity contribution in [2.24, 2.45) is 4.40 Å². The van der Waals surface area contributed by atoms with E-state index in [0.29, 0.717) is 42.3 Å². The number of ether oxygens (including phenoxy) is 1. The van der Waals surface area contributed by atoms with Crippen LogP contribution in [0, 0.1) is 17.0 Å². The molecular weight excluding hydrogens is 558 g/mol. The summed E-state index contributed by atoms with van der Waals surface area (Å²) in [6.07, 6.45) is 0.0860. The number of aryl methyl sites for hydroxylation is 1. The molecule has 0 aliphatic carbocycles. The fraction of sp³-hybridized carbons (Fsp3) is 0.367. The first-order chi connectivity index (χ1) is 19.2. The number of hydrogen-bond donors (Lipinski definition) is 0. The second-order valence-electron chi connectivity index (χ2n) is 11.7. The third-order valence-electron chi connectivity index (χ3n) is 7.62. The van der Waals surface area contributed by atoms with Crippen molar-refractivity contribution in [2.75, 3.05) is 11.5 Å². The largest absolute Gasteiger partial charge is 0.464 e. The highest BCUT2D eigenvalue weighted by atomic mass is 32.2. The minimum Gasteiger partial charge on any atom is -0.464 e. The van der Waals surface area contributed by atoms with Crippen LogP contribution in [0.2, 0.25) is 18.1 Å². The molecule has 0 bridgehead atoms. The fourth-order valence-electron chi connectivity index (χ4n) is 4.19. The number of nitrogens with zero attached hydrogens (tertiary/aromatic N) is 3. The summed E-state index contributed by atoms with van der Waals surface area (Å²) in [6.45, 7) is 13.2. The third kappa shape index (κ3) is 6.86. The number of sulfonamides is 1. The molecule has 41 heavy (non-hydrogen) atoms. The molecule has 3 aromatic carbocycles. The van der Waals surface area contributed by atoms with Gasteiger partial charge in [0.15, 0.2) is 8.32 Å². The Kier molecular flexibility index (Phi) is 8.72. The second kappa shape index (κ2) is 11.7. The molecule has 0 fully saturated rings. The van der Waals surface area contributed by atoms with E-state index >= 15 is 0 Å². The molecule has 1 unspecified atom stereocenters. The molecule has 1 atom stereocenters. The number of non-ortho nitro benzene ring substituents is 1. The molecule has 1 heterocycles. The van der Waals surface area contributed by atoms with Gasteiger partial charge in [-0.3, -0.25) is 15.0 Å². The van der Waals surface area contributed by atoms with E-state index in [4.69, 9.17) is 9.16 Å². The van der Waals surface area contributed by atoms with Crippen LogP contribution < -0.4 is 9.64 Å². The highest BCUT2D eigenvalue weighted by Crippen LogP contribution is 2.44. The first kappa shape index (κ1) is 30.4. The Labute approximate surface area is 243 Å². The Morgan fingerprint density at radius 3 is 2.29 bits per heavy atom. The Bertz CT molecular complexity index is 1530. The Hall–Kier alpha value is -3.54. The van der Waals surface area contributed by atoms with Gasteiger partial charge in [-0.1, -0.05) is 50.6 Å². The maximum atomic E-state index is 13.6. The van der Waals surface area contributed by atoms with Crippen LogP contribution in [0.1, 0.15) is 51.0 Å². The summed E-state index contributed by atoms with van der Waals surface area (Å²) in [7, 11) is -6.06. The first-order valence-corrected chi connectivity index (χ1v) is 17.9. The van der Waals surface area contributed by atoms with E-state index in [9.17, 15) is 18.5 Å². The number of anilines is 1. The number of nitro groups is 1. The quantitative estimate of drug-likeness (QED) is 0.0633. The van der Waals surface area contributed by atoms with Crippen LogP contribution in [0.15, 0.2) is 82.1 Å². The zero-order chi connectivity index (χ0) is 30.0. The summed E-state index contributed by atoms with van der Waals surface area (Å²) < 4.78 is 44.1. The van der Waals surface area contributed by atoms with Crippen molar-refractivity contribution >= 4 is 35.6 Å². The van der Waals surface area contributed by atoms with E-state index in [0.717, 1.165) is 5.56 Å². The molecule has 0 N–H and O–H groups in total. The van der Waals surface area contributed by atoms with E-state index in [1.807, 2.05) is 25.1 Å². The molecule has 3 aromatic rings. The highest BCUT2D eigenvalue weighted by Gasteiger charge is 2.38. The maximum Gasteiger partial charge on any atom is 0.283 e. The number of rotatable bonds is 9. The van der Waals surface area contributed by atoms with E-state index in [1.165, 1.54) is 12.1 Å². The Morgan fingerprint density at radius 2 is 1.68 bits per heavy atom. The van der Waals surface area contributed by atoms with E-state index in [2.05, 4.69) is 38.3 Å². The van der Waals surface area contributed by atoms with Crippen LogP contribution in [0.4, 0.5) is 11.4 Å². The molecular formula is C30H37N3O6SSi.